The van der Waals surface area contributed by atoms with Gasteiger partial charge in [-0.1, -0.05) is 6.07 Å². The molecule has 2 unspecified atom stereocenters. The molecular weight excluding hydrogens is 235 g/mol. The van der Waals surface area contributed by atoms with Crippen molar-refractivity contribution in [3.05, 3.63) is 41.7 Å². The number of H-pyrrole nitrogens is 1. The standard InChI is InChI=1S/C12H15FN4O/c1-7(10-4-3-9(13)5-11(10)18)16-8(2)12-14-6-15-17-12/h3-8,16,18H,1-2H3,(H,14,15,17). The van der Waals surface area contributed by atoms with Gasteiger partial charge >= 0.3 is 0 Å². The Bertz CT molecular complexity index is 515. The fraction of sp³-hybridized carbons (Fsp3) is 0.333. The molecule has 2 atom stereocenters. The number of benzene rings is 1. The summed E-state index contributed by atoms with van der Waals surface area (Å²) in [5.41, 5.74) is 0.641. The van der Waals surface area contributed by atoms with Crippen molar-refractivity contribution >= 4 is 0 Å². The zero-order chi connectivity index (χ0) is 13.1. The smallest absolute Gasteiger partial charge is 0.141 e. The minimum absolute atomic E-state index is 0.0491. The summed E-state index contributed by atoms with van der Waals surface area (Å²) in [6.45, 7) is 3.82. The fourth-order valence-electron chi connectivity index (χ4n) is 1.85. The molecule has 0 saturated carbocycles. The predicted octanol–water partition coefficient (Wildman–Crippen LogP) is 2.06. The summed E-state index contributed by atoms with van der Waals surface area (Å²) >= 11 is 0. The second kappa shape index (κ2) is 5.14. The van der Waals surface area contributed by atoms with E-state index in [-0.39, 0.29) is 17.8 Å². The van der Waals surface area contributed by atoms with E-state index in [2.05, 4.69) is 20.5 Å². The van der Waals surface area contributed by atoms with E-state index in [1.54, 1.807) is 6.07 Å². The van der Waals surface area contributed by atoms with E-state index in [0.29, 0.717) is 11.4 Å². The van der Waals surface area contributed by atoms with Crippen molar-refractivity contribution in [2.45, 2.75) is 25.9 Å². The highest BCUT2D eigenvalue weighted by molar-refractivity contribution is 5.35. The van der Waals surface area contributed by atoms with Gasteiger partial charge in [0.05, 0.1) is 6.04 Å². The summed E-state index contributed by atoms with van der Waals surface area (Å²) in [7, 11) is 0. The molecule has 1 heterocycles. The number of halogens is 1. The van der Waals surface area contributed by atoms with Crippen LogP contribution in [0.5, 0.6) is 5.75 Å². The van der Waals surface area contributed by atoms with Crippen LogP contribution in [-0.2, 0) is 0 Å². The van der Waals surface area contributed by atoms with Crippen LogP contribution in [-0.4, -0.2) is 20.3 Å². The maximum atomic E-state index is 12.9. The lowest BCUT2D eigenvalue weighted by atomic mass is 10.1. The molecule has 0 spiro atoms. The average molecular weight is 250 g/mol. The van der Waals surface area contributed by atoms with Gasteiger partial charge in [0, 0.05) is 17.7 Å². The molecule has 1 aromatic carbocycles. The van der Waals surface area contributed by atoms with Crippen LogP contribution in [0.15, 0.2) is 24.5 Å². The SMILES string of the molecule is CC(NC(C)c1ccc(F)cc1O)c1ncn[nH]1. The molecule has 3 N–H and O–H groups in total. The van der Waals surface area contributed by atoms with Crippen LogP contribution in [0.3, 0.4) is 0 Å². The Morgan fingerprint density at radius 1 is 1.33 bits per heavy atom. The van der Waals surface area contributed by atoms with Gasteiger partial charge in [-0.3, -0.25) is 5.10 Å². The Balaban J connectivity index is 2.10. The number of hydrogen-bond donors (Lipinski definition) is 3. The van der Waals surface area contributed by atoms with Crippen molar-refractivity contribution in [2.75, 3.05) is 0 Å². The summed E-state index contributed by atoms with van der Waals surface area (Å²) < 4.78 is 12.9. The molecule has 0 radical (unpaired) electrons. The summed E-state index contributed by atoms with van der Waals surface area (Å²) in [5.74, 6) is 0.204. The lowest BCUT2D eigenvalue weighted by Gasteiger charge is -2.19. The van der Waals surface area contributed by atoms with Crippen LogP contribution < -0.4 is 5.32 Å². The highest BCUT2D eigenvalue weighted by Gasteiger charge is 2.15. The molecule has 0 amide bonds. The third kappa shape index (κ3) is 2.65. The highest BCUT2D eigenvalue weighted by Crippen LogP contribution is 2.26. The monoisotopic (exact) mass is 250 g/mol. The highest BCUT2D eigenvalue weighted by atomic mass is 19.1. The molecule has 6 heteroatoms. The summed E-state index contributed by atoms with van der Waals surface area (Å²) in [4.78, 5) is 4.05. The van der Waals surface area contributed by atoms with Gasteiger partial charge in [0.1, 0.15) is 23.7 Å². The quantitative estimate of drug-likeness (QED) is 0.776. The lowest BCUT2D eigenvalue weighted by molar-refractivity contribution is 0.429. The van der Waals surface area contributed by atoms with Crippen molar-refractivity contribution in [3.63, 3.8) is 0 Å². The van der Waals surface area contributed by atoms with Crippen LogP contribution in [0, 0.1) is 5.82 Å². The number of phenols is 1. The molecule has 18 heavy (non-hydrogen) atoms. The van der Waals surface area contributed by atoms with E-state index in [4.69, 9.17) is 0 Å². The van der Waals surface area contributed by atoms with E-state index in [9.17, 15) is 9.50 Å². The maximum Gasteiger partial charge on any atom is 0.141 e. The summed E-state index contributed by atoms with van der Waals surface area (Å²) in [6, 6.07) is 3.81. The van der Waals surface area contributed by atoms with E-state index < -0.39 is 5.82 Å². The molecule has 0 aliphatic rings. The third-order valence-corrected chi connectivity index (χ3v) is 2.80. The Labute approximate surface area is 104 Å². The molecule has 0 saturated heterocycles. The fourth-order valence-corrected chi connectivity index (χ4v) is 1.85. The van der Waals surface area contributed by atoms with Crippen LogP contribution >= 0.6 is 0 Å². The molecule has 2 rings (SSSR count). The van der Waals surface area contributed by atoms with E-state index in [1.807, 2.05) is 13.8 Å². The second-order valence-corrected chi connectivity index (χ2v) is 4.18. The number of aromatic nitrogens is 3. The predicted molar refractivity (Wildman–Crippen MR) is 64.4 cm³/mol. The number of hydrogen-bond acceptors (Lipinski definition) is 4. The first-order chi connectivity index (χ1) is 8.58. The Morgan fingerprint density at radius 2 is 2.11 bits per heavy atom. The van der Waals surface area contributed by atoms with Gasteiger partial charge in [-0.15, -0.1) is 0 Å². The molecule has 96 valence electrons. The number of nitrogens with one attached hydrogen (secondary N) is 2. The molecule has 5 nitrogen and oxygen atoms in total. The maximum absolute atomic E-state index is 12.9. The zero-order valence-corrected chi connectivity index (χ0v) is 10.2. The first-order valence-corrected chi connectivity index (χ1v) is 5.67. The van der Waals surface area contributed by atoms with Gasteiger partial charge in [-0.25, -0.2) is 9.37 Å². The summed E-state index contributed by atoms with van der Waals surface area (Å²) in [6.07, 6.45) is 1.44. The minimum atomic E-state index is -0.452. The molecular formula is C12H15FN4O. The second-order valence-electron chi connectivity index (χ2n) is 4.18. The van der Waals surface area contributed by atoms with Gasteiger partial charge < -0.3 is 10.4 Å². The number of aromatic hydroxyl groups is 1. The van der Waals surface area contributed by atoms with E-state index >= 15 is 0 Å². The topological polar surface area (TPSA) is 73.8 Å². The normalized spacial score (nSPS) is 14.4. The number of rotatable bonds is 4. The van der Waals surface area contributed by atoms with Gasteiger partial charge in [0.25, 0.3) is 0 Å². The Hall–Kier alpha value is -1.95. The van der Waals surface area contributed by atoms with Crippen LogP contribution in [0.1, 0.15) is 37.3 Å². The largest absolute Gasteiger partial charge is 0.508 e. The lowest BCUT2D eigenvalue weighted by Crippen LogP contribution is -2.23. The molecule has 0 aliphatic heterocycles. The molecule has 0 bridgehead atoms. The van der Waals surface area contributed by atoms with Gasteiger partial charge in [0.15, 0.2) is 0 Å². The molecule has 2 aromatic rings. The van der Waals surface area contributed by atoms with Crippen molar-refractivity contribution in [1.29, 1.82) is 0 Å². The third-order valence-electron chi connectivity index (χ3n) is 2.80. The first-order valence-electron chi connectivity index (χ1n) is 5.67. The zero-order valence-electron chi connectivity index (χ0n) is 10.2. The van der Waals surface area contributed by atoms with E-state index in [1.165, 1.54) is 12.4 Å². The first kappa shape index (κ1) is 12.5. The van der Waals surface area contributed by atoms with Crippen molar-refractivity contribution in [2.24, 2.45) is 0 Å². The van der Waals surface area contributed by atoms with Gasteiger partial charge in [-0.2, -0.15) is 5.10 Å². The molecule has 0 fully saturated rings. The van der Waals surface area contributed by atoms with Crippen molar-refractivity contribution in [3.8, 4) is 5.75 Å². The van der Waals surface area contributed by atoms with Gasteiger partial charge in [0.2, 0.25) is 0 Å². The Kier molecular flexibility index (Phi) is 3.57. The van der Waals surface area contributed by atoms with E-state index in [0.717, 1.165) is 6.07 Å². The number of aromatic amines is 1. The molecule has 0 aliphatic carbocycles. The van der Waals surface area contributed by atoms with Crippen LogP contribution in [0.4, 0.5) is 4.39 Å². The summed E-state index contributed by atoms with van der Waals surface area (Å²) in [5, 5.41) is 19.5. The number of phenolic OH excluding ortho intramolecular Hbond substituents is 1. The molecule has 1 aromatic heterocycles. The van der Waals surface area contributed by atoms with Crippen LogP contribution in [0.25, 0.3) is 0 Å². The van der Waals surface area contributed by atoms with Crippen LogP contribution in [0.2, 0.25) is 0 Å². The van der Waals surface area contributed by atoms with Crippen molar-refractivity contribution < 1.29 is 9.50 Å². The minimum Gasteiger partial charge on any atom is -0.508 e. The average Bonchev–Trinajstić information content (AvgIpc) is 2.81. The van der Waals surface area contributed by atoms with Gasteiger partial charge in [-0.05, 0) is 19.9 Å². The van der Waals surface area contributed by atoms with Crippen molar-refractivity contribution in [1.82, 2.24) is 20.5 Å². The Morgan fingerprint density at radius 3 is 2.72 bits per heavy atom. The number of nitrogens with zero attached hydrogens (tertiary/aromatic N) is 2.